The van der Waals surface area contributed by atoms with Crippen LogP contribution in [0.3, 0.4) is 0 Å². The van der Waals surface area contributed by atoms with Crippen molar-refractivity contribution in [2.24, 2.45) is 10.3 Å². The highest BCUT2D eigenvalue weighted by Gasteiger charge is 1.98. The van der Waals surface area contributed by atoms with Gasteiger partial charge < -0.3 is 10.4 Å². The van der Waals surface area contributed by atoms with Gasteiger partial charge >= 0.3 is 0 Å². The van der Waals surface area contributed by atoms with Gasteiger partial charge in [0.05, 0.1) is 0 Å². The third kappa shape index (κ3) is 2.64. The second kappa shape index (κ2) is 4.30. The Bertz CT molecular complexity index is 116. The van der Waals surface area contributed by atoms with Gasteiger partial charge in [0.2, 0.25) is 0 Å². The van der Waals surface area contributed by atoms with E-state index in [0.29, 0.717) is 0 Å². The highest BCUT2D eigenvalue weighted by molar-refractivity contribution is 14.1. The average molecular weight is 340 g/mol. The van der Waals surface area contributed by atoms with Gasteiger partial charge in [-0.3, -0.25) is 0 Å². The molecule has 0 atom stereocenters. The normalized spacial score (nSPS) is 14.2. The summed E-state index contributed by atoms with van der Waals surface area (Å²) in [5.41, 5.74) is 0. The van der Waals surface area contributed by atoms with Crippen LogP contribution in [-0.2, 0) is 0 Å². The Balaban J connectivity index is 4.04. The molecule has 0 radical (unpaired) electrons. The monoisotopic (exact) mass is 340 g/mol. The molecular weight excluding hydrogens is 338 g/mol. The highest BCUT2D eigenvalue weighted by Crippen LogP contribution is 1.99. The molecule has 0 aliphatic rings. The van der Waals surface area contributed by atoms with Crippen LogP contribution < -0.4 is 0 Å². The van der Waals surface area contributed by atoms with Crippen LogP contribution in [0, 0.1) is 0 Å². The number of hydrogen-bond donors (Lipinski definition) is 2. The lowest BCUT2D eigenvalue weighted by Crippen LogP contribution is -1.95. The molecule has 2 N–H and O–H groups in total. The number of oxime groups is 2. The number of rotatable bonds is 1. The van der Waals surface area contributed by atoms with Gasteiger partial charge in [0.15, 0.2) is 7.44 Å². The summed E-state index contributed by atoms with van der Waals surface area (Å²) in [4.78, 5) is 0. The number of nitrogens with zero attached hydrogens (tertiary/aromatic N) is 2. The summed E-state index contributed by atoms with van der Waals surface area (Å²) in [6.45, 7) is 0. The van der Waals surface area contributed by atoms with Gasteiger partial charge in [0.25, 0.3) is 0 Å². The van der Waals surface area contributed by atoms with Crippen LogP contribution in [-0.4, -0.2) is 17.9 Å². The topological polar surface area (TPSA) is 65.2 Å². The van der Waals surface area contributed by atoms with E-state index in [9.17, 15) is 0 Å². The van der Waals surface area contributed by atoms with Gasteiger partial charge in [-0.15, -0.1) is 0 Å². The molecule has 0 fully saturated rings. The number of halogens is 2. The summed E-state index contributed by atoms with van der Waals surface area (Å²) < 4.78 is 0.538. The van der Waals surface area contributed by atoms with E-state index in [0.717, 1.165) is 0 Å². The first-order chi connectivity index (χ1) is 3.72. The van der Waals surface area contributed by atoms with Crippen molar-refractivity contribution in [3.05, 3.63) is 0 Å². The van der Waals surface area contributed by atoms with Crippen molar-refractivity contribution in [1.82, 2.24) is 0 Å². The van der Waals surface area contributed by atoms with E-state index in [-0.39, 0.29) is 7.44 Å². The SMILES string of the molecule is O/N=C(I)/C(I)=N/O. The molecule has 6 heteroatoms. The predicted molar refractivity (Wildman–Crippen MR) is 46.5 cm³/mol. The molecule has 0 amide bonds. The zero-order valence-corrected chi connectivity index (χ0v) is 7.86. The molecule has 8 heavy (non-hydrogen) atoms. The molecule has 0 spiro atoms. The Hall–Kier alpha value is 0.400. The van der Waals surface area contributed by atoms with Crippen LogP contribution in [0.5, 0.6) is 0 Å². The second-order valence-electron chi connectivity index (χ2n) is 0.782. The standard InChI is InChI=1S/C2H2I2N2O2/c3-1(5-7)2(4)6-8/h7-8H/b5-1-,6-2-. The Kier molecular flexibility index (Phi) is 4.51. The molecule has 0 rings (SSSR count). The van der Waals surface area contributed by atoms with E-state index in [1.54, 1.807) is 45.2 Å². The molecule has 0 aliphatic heterocycles. The molecular formula is C2H2I2N2O2. The predicted octanol–water partition coefficient (Wildman–Crippen LogP) is 1.43. The first-order valence-electron chi connectivity index (χ1n) is 1.48. The quantitative estimate of drug-likeness (QED) is 0.328. The molecule has 4 nitrogen and oxygen atoms in total. The van der Waals surface area contributed by atoms with Crippen molar-refractivity contribution in [3.8, 4) is 0 Å². The largest absolute Gasteiger partial charge is 0.410 e. The van der Waals surface area contributed by atoms with Gasteiger partial charge in [-0.25, -0.2) is 0 Å². The summed E-state index contributed by atoms with van der Waals surface area (Å²) >= 11 is 3.47. The van der Waals surface area contributed by atoms with Gasteiger partial charge in [-0.2, -0.15) is 0 Å². The third-order valence-electron chi connectivity index (χ3n) is 0.346. The minimum absolute atomic E-state index is 0.269. The molecule has 0 aromatic heterocycles. The van der Waals surface area contributed by atoms with Crippen LogP contribution in [0.15, 0.2) is 10.3 Å². The minimum Gasteiger partial charge on any atom is -0.410 e. The van der Waals surface area contributed by atoms with Crippen LogP contribution in [0.1, 0.15) is 0 Å². The fourth-order valence-electron chi connectivity index (χ4n) is 0.0825. The molecule has 0 unspecified atom stereocenters. The summed E-state index contributed by atoms with van der Waals surface area (Å²) in [6, 6.07) is 0. The fraction of sp³-hybridized carbons (Fsp3) is 0. The number of hydrogen-bond acceptors (Lipinski definition) is 4. The van der Waals surface area contributed by atoms with Crippen LogP contribution >= 0.6 is 45.2 Å². The van der Waals surface area contributed by atoms with E-state index < -0.39 is 0 Å². The first kappa shape index (κ1) is 8.40. The second-order valence-corrected chi connectivity index (χ2v) is 2.83. The molecule has 46 valence electrons. The molecule has 0 aromatic rings. The van der Waals surface area contributed by atoms with E-state index in [1.807, 2.05) is 0 Å². The lowest BCUT2D eigenvalue weighted by atomic mass is 10.8. The Morgan fingerprint density at radius 2 is 1.25 bits per heavy atom. The highest BCUT2D eigenvalue weighted by atomic mass is 127. The van der Waals surface area contributed by atoms with Gasteiger partial charge in [0, 0.05) is 0 Å². The lowest BCUT2D eigenvalue weighted by Gasteiger charge is -1.84. The van der Waals surface area contributed by atoms with Crippen LogP contribution in [0.4, 0.5) is 0 Å². The first-order valence-corrected chi connectivity index (χ1v) is 3.63. The lowest BCUT2D eigenvalue weighted by molar-refractivity contribution is 0.317. The molecule has 0 aromatic carbocycles. The minimum atomic E-state index is 0.269. The maximum atomic E-state index is 8.02. The smallest absolute Gasteiger partial charge is 0.175 e. The van der Waals surface area contributed by atoms with E-state index in [1.165, 1.54) is 0 Å². The summed E-state index contributed by atoms with van der Waals surface area (Å²) in [5, 5.41) is 21.6. The van der Waals surface area contributed by atoms with E-state index >= 15 is 0 Å². The van der Waals surface area contributed by atoms with E-state index in [2.05, 4.69) is 10.3 Å². The Morgan fingerprint density at radius 1 is 1.00 bits per heavy atom. The maximum absolute atomic E-state index is 8.02. The zero-order valence-electron chi connectivity index (χ0n) is 3.54. The third-order valence-corrected chi connectivity index (χ3v) is 2.83. The van der Waals surface area contributed by atoms with Gasteiger partial charge in [0.1, 0.15) is 0 Å². The average Bonchev–Trinajstić information content (AvgIpc) is 1.84. The van der Waals surface area contributed by atoms with Crippen LogP contribution in [0.2, 0.25) is 0 Å². The fourth-order valence-corrected chi connectivity index (χ4v) is 0.298. The maximum Gasteiger partial charge on any atom is 0.175 e. The van der Waals surface area contributed by atoms with Crippen molar-refractivity contribution < 1.29 is 10.4 Å². The van der Waals surface area contributed by atoms with Crippen LogP contribution in [0.25, 0.3) is 0 Å². The Labute approximate surface area is 72.9 Å². The van der Waals surface area contributed by atoms with Crippen molar-refractivity contribution in [2.45, 2.75) is 0 Å². The van der Waals surface area contributed by atoms with Gasteiger partial charge in [-0.05, 0) is 45.2 Å². The zero-order chi connectivity index (χ0) is 6.57. The summed E-state index contributed by atoms with van der Waals surface area (Å²) in [6.07, 6.45) is 0. The van der Waals surface area contributed by atoms with Crippen molar-refractivity contribution in [3.63, 3.8) is 0 Å². The van der Waals surface area contributed by atoms with Gasteiger partial charge in [-0.1, -0.05) is 10.3 Å². The molecule has 0 heterocycles. The molecule has 0 saturated carbocycles. The molecule has 0 bridgehead atoms. The van der Waals surface area contributed by atoms with Crippen molar-refractivity contribution >= 4 is 52.6 Å². The molecule has 0 saturated heterocycles. The van der Waals surface area contributed by atoms with E-state index in [4.69, 9.17) is 10.4 Å². The molecule has 0 aliphatic carbocycles. The Morgan fingerprint density at radius 3 is 1.38 bits per heavy atom. The van der Waals surface area contributed by atoms with Crippen molar-refractivity contribution in [2.75, 3.05) is 0 Å². The van der Waals surface area contributed by atoms with Crippen molar-refractivity contribution in [1.29, 1.82) is 0 Å². The summed E-state index contributed by atoms with van der Waals surface area (Å²) in [5.74, 6) is 0. The summed E-state index contributed by atoms with van der Waals surface area (Å²) in [7, 11) is 0.